The molecular weight excluding hydrogens is 301 g/mol. The van der Waals surface area contributed by atoms with Crippen molar-refractivity contribution in [3.05, 3.63) is 46.2 Å². The fourth-order valence-electron chi connectivity index (χ4n) is 2.07. The van der Waals surface area contributed by atoms with Crippen LogP contribution in [0.5, 0.6) is 0 Å². The zero-order chi connectivity index (χ0) is 15.7. The normalized spacial score (nSPS) is 14.2. The molecule has 7 heteroatoms. The third-order valence-electron chi connectivity index (χ3n) is 3.25. The summed E-state index contributed by atoms with van der Waals surface area (Å²) < 4.78 is 37.8. The van der Waals surface area contributed by atoms with Crippen molar-refractivity contribution in [2.75, 3.05) is 0 Å². The number of nitrogens with zero attached hydrogens (tertiary/aromatic N) is 2. The first-order valence-corrected chi connectivity index (χ1v) is 7.16. The molecule has 0 radical (unpaired) electrons. The fraction of sp³-hybridized carbons (Fsp3) is 0.429. The van der Waals surface area contributed by atoms with Crippen molar-refractivity contribution in [3.63, 3.8) is 0 Å². The number of alkyl halides is 3. The van der Waals surface area contributed by atoms with Gasteiger partial charge in [0.1, 0.15) is 6.33 Å². The van der Waals surface area contributed by atoms with E-state index in [-0.39, 0.29) is 0 Å². The van der Waals surface area contributed by atoms with Crippen LogP contribution < -0.4 is 0 Å². The lowest BCUT2D eigenvalue weighted by Gasteiger charge is -2.30. The number of aliphatic hydroxyl groups excluding tert-OH is 1. The van der Waals surface area contributed by atoms with Crippen LogP contribution in [-0.2, 0) is 12.6 Å². The van der Waals surface area contributed by atoms with Gasteiger partial charge in [0.15, 0.2) is 0 Å². The van der Waals surface area contributed by atoms with Crippen LogP contribution in [0.4, 0.5) is 13.2 Å². The molecule has 2 aromatic heterocycles. The van der Waals surface area contributed by atoms with Gasteiger partial charge in [0.2, 0.25) is 0 Å². The number of halogens is 3. The van der Waals surface area contributed by atoms with Gasteiger partial charge in [-0.2, -0.15) is 13.2 Å². The predicted octanol–water partition coefficient (Wildman–Crippen LogP) is 3.86. The van der Waals surface area contributed by atoms with Crippen LogP contribution in [-0.4, -0.2) is 15.1 Å². The molecule has 0 spiro atoms. The second-order valence-corrected chi connectivity index (χ2v) is 6.53. The summed E-state index contributed by atoms with van der Waals surface area (Å²) >= 11 is 1.05. The molecular formula is C14H15F3N2OS. The highest BCUT2D eigenvalue weighted by molar-refractivity contribution is 7.10. The maximum atomic E-state index is 12.6. The van der Waals surface area contributed by atoms with Gasteiger partial charge < -0.3 is 5.11 Å². The monoisotopic (exact) mass is 316 g/mol. The second-order valence-electron chi connectivity index (χ2n) is 5.54. The molecule has 114 valence electrons. The molecule has 0 saturated heterocycles. The maximum absolute atomic E-state index is 12.6. The average molecular weight is 316 g/mol. The molecule has 0 aromatic carbocycles. The van der Waals surface area contributed by atoms with E-state index in [0.717, 1.165) is 22.8 Å². The lowest BCUT2D eigenvalue weighted by molar-refractivity contribution is -0.137. The molecule has 0 amide bonds. The average Bonchev–Trinajstić information content (AvgIpc) is 2.86. The van der Waals surface area contributed by atoms with Gasteiger partial charge in [0.05, 0.1) is 11.7 Å². The minimum atomic E-state index is -4.33. The summed E-state index contributed by atoms with van der Waals surface area (Å²) in [7, 11) is 0. The Kier molecular flexibility index (Phi) is 4.34. The van der Waals surface area contributed by atoms with E-state index < -0.39 is 23.3 Å². The highest BCUT2D eigenvalue weighted by Gasteiger charge is 2.34. The van der Waals surface area contributed by atoms with E-state index in [1.807, 2.05) is 0 Å². The topological polar surface area (TPSA) is 46.0 Å². The molecule has 1 atom stereocenters. The smallest absolute Gasteiger partial charge is 0.388 e. The number of aliphatic hydroxyl groups is 1. The Labute approximate surface area is 124 Å². The van der Waals surface area contributed by atoms with Gasteiger partial charge in [-0.15, -0.1) is 11.3 Å². The van der Waals surface area contributed by atoms with Crippen molar-refractivity contribution in [1.29, 1.82) is 0 Å². The molecule has 3 nitrogen and oxygen atoms in total. The SMILES string of the molecule is CC(C)(Cc1cc(C(F)(F)F)cs1)C(O)c1cncnc1. The van der Waals surface area contributed by atoms with Crippen molar-refractivity contribution in [2.24, 2.45) is 5.41 Å². The van der Waals surface area contributed by atoms with E-state index in [9.17, 15) is 18.3 Å². The minimum Gasteiger partial charge on any atom is -0.388 e. The third kappa shape index (κ3) is 3.79. The molecule has 0 bridgehead atoms. The standard InChI is InChI=1S/C14H15F3N2OS/c1-13(2,12(20)9-5-18-8-19-6-9)4-11-3-10(7-21-11)14(15,16)17/h3,5-8,12,20H,4H2,1-2H3. The lowest BCUT2D eigenvalue weighted by atomic mass is 9.80. The molecule has 2 rings (SSSR count). The maximum Gasteiger partial charge on any atom is 0.417 e. The molecule has 0 aliphatic rings. The molecule has 2 heterocycles. The summed E-state index contributed by atoms with van der Waals surface area (Å²) in [5, 5.41) is 11.5. The first kappa shape index (κ1) is 15.9. The van der Waals surface area contributed by atoms with Crippen LogP contribution in [0.3, 0.4) is 0 Å². The molecule has 21 heavy (non-hydrogen) atoms. The van der Waals surface area contributed by atoms with Gasteiger partial charge in [0.25, 0.3) is 0 Å². The minimum absolute atomic E-state index is 0.337. The van der Waals surface area contributed by atoms with E-state index in [4.69, 9.17) is 0 Å². The van der Waals surface area contributed by atoms with E-state index in [0.29, 0.717) is 16.9 Å². The Balaban J connectivity index is 2.15. The van der Waals surface area contributed by atoms with Gasteiger partial charge in [0, 0.05) is 28.2 Å². The number of hydrogen-bond donors (Lipinski definition) is 1. The van der Waals surface area contributed by atoms with Crippen LogP contribution in [0.15, 0.2) is 30.2 Å². The van der Waals surface area contributed by atoms with Gasteiger partial charge in [-0.25, -0.2) is 9.97 Å². The molecule has 1 N–H and O–H groups in total. The molecule has 0 aliphatic carbocycles. The summed E-state index contributed by atoms with van der Waals surface area (Å²) in [5.41, 5.74) is -0.718. The zero-order valence-corrected chi connectivity index (χ0v) is 12.4. The van der Waals surface area contributed by atoms with Crippen LogP contribution >= 0.6 is 11.3 Å². The summed E-state index contributed by atoms with van der Waals surface area (Å²) in [6.07, 6.45) is -0.466. The fourth-order valence-corrected chi connectivity index (χ4v) is 3.20. The second kappa shape index (κ2) is 5.73. The largest absolute Gasteiger partial charge is 0.417 e. The van der Waals surface area contributed by atoms with E-state index in [2.05, 4.69) is 9.97 Å². The highest BCUT2D eigenvalue weighted by atomic mass is 32.1. The van der Waals surface area contributed by atoms with Crippen LogP contribution in [0.2, 0.25) is 0 Å². The molecule has 0 aliphatic heterocycles. The number of aromatic nitrogens is 2. The Morgan fingerprint density at radius 1 is 1.24 bits per heavy atom. The summed E-state index contributed by atoms with van der Waals surface area (Å²) in [4.78, 5) is 8.28. The Hall–Kier alpha value is -1.47. The Morgan fingerprint density at radius 3 is 2.38 bits per heavy atom. The summed E-state index contributed by atoms with van der Waals surface area (Å²) in [5.74, 6) is 0. The van der Waals surface area contributed by atoms with E-state index in [1.165, 1.54) is 18.7 Å². The van der Waals surface area contributed by atoms with Crippen molar-refractivity contribution >= 4 is 11.3 Å². The summed E-state index contributed by atoms with van der Waals surface area (Å²) in [6.45, 7) is 3.61. The Morgan fingerprint density at radius 2 is 1.86 bits per heavy atom. The van der Waals surface area contributed by atoms with Crippen LogP contribution in [0, 0.1) is 5.41 Å². The predicted molar refractivity (Wildman–Crippen MR) is 73.8 cm³/mol. The zero-order valence-electron chi connectivity index (χ0n) is 11.6. The molecule has 2 aromatic rings. The first-order chi connectivity index (χ1) is 9.70. The molecule has 1 unspecified atom stereocenters. The number of hydrogen-bond acceptors (Lipinski definition) is 4. The van der Waals surface area contributed by atoms with Gasteiger partial charge >= 0.3 is 6.18 Å². The van der Waals surface area contributed by atoms with Crippen molar-refractivity contribution in [3.8, 4) is 0 Å². The Bertz CT molecular complexity index is 596. The van der Waals surface area contributed by atoms with Crippen LogP contribution in [0.1, 0.15) is 36.0 Å². The van der Waals surface area contributed by atoms with Crippen molar-refractivity contribution < 1.29 is 18.3 Å². The molecule has 0 fully saturated rings. The highest BCUT2D eigenvalue weighted by Crippen LogP contribution is 2.39. The van der Waals surface area contributed by atoms with E-state index >= 15 is 0 Å². The van der Waals surface area contributed by atoms with Gasteiger partial charge in [-0.3, -0.25) is 0 Å². The van der Waals surface area contributed by atoms with Gasteiger partial charge in [-0.1, -0.05) is 13.8 Å². The third-order valence-corrected chi connectivity index (χ3v) is 4.18. The number of thiophene rings is 1. The summed E-state index contributed by atoms with van der Waals surface area (Å²) in [6, 6.07) is 1.14. The molecule has 0 saturated carbocycles. The lowest BCUT2D eigenvalue weighted by Crippen LogP contribution is -2.24. The first-order valence-electron chi connectivity index (χ1n) is 6.28. The van der Waals surface area contributed by atoms with Crippen molar-refractivity contribution in [2.45, 2.75) is 32.5 Å². The van der Waals surface area contributed by atoms with Gasteiger partial charge in [-0.05, 0) is 17.9 Å². The van der Waals surface area contributed by atoms with E-state index in [1.54, 1.807) is 13.8 Å². The quantitative estimate of drug-likeness (QED) is 0.931. The number of rotatable bonds is 4. The van der Waals surface area contributed by atoms with Crippen molar-refractivity contribution in [1.82, 2.24) is 9.97 Å². The van der Waals surface area contributed by atoms with Crippen LogP contribution in [0.25, 0.3) is 0 Å².